The first kappa shape index (κ1) is 16.5. The summed E-state index contributed by atoms with van der Waals surface area (Å²) >= 11 is 0. The van der Waals surface area contributed by atoms with Crippen LogP contribution in [0.2, 0.25) is 0 Å². The molecule has 4 heteroatoms. The highest BCUT2D eigenvalue weighted by atomic mass is 16.6. The predicted octanol–water partition coefficient (Wildman–Crippen LogP) is 3.33. The summed E-state index contributed by atoms with van der Waals surface area (Å²) < 4.78 is 10.4. The fourth-order valence-corrected chi connectivity index (χ4v) is 1.99. The quantitative estimate of drug-likeness (QED) is 0.341. The smallest absolute Gasteiger partial charge is 0.330 e. The molecule has 0 aliphatic rings. The standard InChI is InChI=1S/C19H18O4/c1-3-18(20)23-13-12-22-17-7-5-4-6-16(17)19(21)15-10-8-14(2)9-11-15/h3-11H,1,12-13H2,2H3. The average Bonchev–Trinajstić information content (AvgIpc) is 2.59. The maximum absolute atomic E-state index is 12.6. The summed E-state index contributed by atoms with van der Waals surface area (Å²) in [5.41, 5.74) is 2.17. The number of benzene rings is 2. The fourth-order valence-electron chi connectivity index (χ4n) is 1.99. The van der Waals surface area contributed by atoms with E-state index in [0.29, 0.717) is 16.9 Å². The van der Waals surface area contributed by atoms with Crippen LogP contribution in [0.15, 0.2) is 61.2 Å². The average molecular weight is 310 g/mol. The van der Waals surface area contributed by atoms with Crippen molar-refractivity contribution in [1.29, 1.82) is 0 Å². The number of rotatable bonds is 7. The summed E-state index contributed by atoms with van der Waals surface area (Å²) in [5.74, 6) is -0.144. The van der Waals surface area contributed by atoms with Crippen molar-refractivity contribution in [2.75, 3.05) is 13.2 Å². The first-order chi connectivity index (χ1) is 11.1. The van der Waals surface area contributed by atoms with Crippen molar-refractivity contribution < 1.29 is 19.1 Å². The highest BCUT2D eigenvalue weighted by molar-refractivity contribution is 6.10. The van der Waals surface area contributed by atoms with Gasteiger partial charge in [-0.15, -0.1) is 0 Å². The summed E-state index contributed by atoms with van der Waals surface area (Å²) in [6.07, 6.45) is 1.09. The topological polar surface area (TPSA) is 52.6 Å². The van der Waals surface area contributed by atoms with Gasteiger partial charge in [-0.3, -0.25) is 4.79 Å². The van der Waals surface area contributed by atoms with Crippen LogP contribution in [-0.4, -0.2) is 25.0 Å². The van der Waals surface area contributed by atoms with E-state index >= 15 is 0 Å². The van der Waals surface area contributed by atoms with Crippen molar-refractivity contribution in [3.63, 3.8) is 0 Å². The van der Waals surface area contributed by atoms with Crippen molar-refractivity contribution in [1.82, 2.24) is 0 Å². The molecule has 0 aromatic heterocycles. The van der Waals surface area contributed by atoms with Crippen LogP contribution in [-0.2, 0) is 9.53 Å². The summed E-state index contributed by atoms with van der Waals surface area (Å²) in [7, 11) is 0. The Morgan fingerprint density at radius 1 is 1.04 bits per heavy atom. The van der Waals surface area contributed by atoms with E-state index in [4.69, 9.17) is 9.47 Å². The van der Waals surface area contributed by atoms with Crippen LogP contribution < -0.4 is 4.74 Å². The minimum Gasteiger partial charge on any atom is -0.489 e. The Kier molecular flexibility index (Phi) is 5.69. The van der Waals surface area contributed by atoms with Gasteiger partial charge in [0.2, 0.25) is 0 Å². The number of aryl methyl sites for hydroxylation is 1. The molecule has 0 aliphatic carbocycles. The summed E-state index contributed by atoms with van der Waals surface area (Å²) in [6, 6.07) is 14.4. The predicted molar refractivity (Wildman–Crippen MR) is 87.7 cm³/mol. The monoisotopic (exact) mass is 310 g/mol. The molecule has 0 atom stereocenters. The van der Waals surface area contributed by atoms with Gasteiger partial charge < -0.3 is 9.47 Å². The second-order valence-electron chi connectivity index (χ2n) is 4.91. The number of hydrogen-bond donors (Lipinski definition) is 0. The molecule has 2 aromatic carbocycles. The number of carbonyl (C=O) groups is 2. The van der Waals surface area contributed by atoms with Crippen LogP contribution in [0, 0.1) is 6.92 Å². The molecular formula is C19H18O4. The van der Waals surface area contributed by atoms with Crippen LogP contribution >= 0.6 is 0 Å². The van der Waals surface area contributed by atoms with Crippen LogP contribution in [0.1, 0.15) is 21.5 Å². The molecular weight excluding hydrogens is 292 g/mol. The van der Waals surface area contributed by atoms with Gasteiger partial charge in [0, 0.05) is 11.6 Å². The lowest BCUT2D eigenvalue weighted by atomic mass is 10.0. The molecule has 4 nitrogen and oxygen atoms in total. The molecule has 0 bridgehead atoms. The van der Waals surface area contributed by atoms with Crippen LogP contribution in [0.5, 0.6) is 5.75 Å². The fraction of sp³-hybridized carbons (Fsp3) is 0.158. The van der Waals surface area contributed by atoms with Crippen molar-refractivity contribution in [3.05, 3.63) is 77.9 Å². The van der Waals surface area contributed by atoms with E-state index in [1.807, 2.05) is 19.1 Å². The molecule has 2 rings (SSSR count). The third-order valence-electron chi connectivity index (χ3n) is 3.20. The van der Waals surface area contributed by atoms with Crippen molar-refractivity contribution in [3.8, 4) is 5.75 Å². The first-order valence-electron chi connectivity index (χ1n) is 7.24. The van der Waals surface area contributed by atoms with Crippen LogP contribution in [0.3, 0.4) is 0 Å². The third kappa shape index (κ3) is 4.54. The molecule has 0 fully saturated rings. The van der Waals surface area contributed by atoms with E-state index in [2.05, 4.69) is 6.58 Å². The first-order valence-corrected chi connectivity index (χ1v) is 7.24. The maximum Gasteiger partial charge on any atom is 0.330 e. The highest BCUT2D eigenvalue weighted by Crippen LogP contribution is 2.21. The molecule has 0 radical (unpaired) electrons. The highest BCUT2D eigenvalue weighted by Gasteiger charge is 2.14. The summed E-state index contributed by atoms with van der Waals surface area (Å²) in [6.45, 7) is 5.54. The Labute approximate surface area is 135 Å². The second kappa shape index (κ2) is 7.94. The van der Waals surface area contributed by atoms with Gasteiger partial charge in [0.15, 0.2) is 5.78 Å². The number of ketones is 1. The van der Waals surface area contributed by atoms with Crippen molar-refractivity contribution in [2.45, 2.75) is 6.92 Å². The Balaban J connectivity index is 2.07. The Morgan fingerprint density at radius 2 is 1.74 bits per heavy atom. The largest absolute Gasteiger partial charge is 0.489 e. The molecule has 0 aliphatic heterocycles. The molecule has 0 saturated carbocycles. The zero-order valence-corrected chi connectivity index (χ0v) is 13.0. The normalized spacial score (nSPS) is 9.96. The van der Waals surface area contributed by atoms with E-state index in [9.17, 15) is 9.59 Å². The van der Waals surface area contributed by atoms with E-state index in [1.54, 1.807) is 36.4 Å². The van der Waals surface area contributed by atoms with Gasteiger partial charge in [-0.25, -0.2) is 4.79 Å². The molecule has 0 unspecified atom stereocenters. The van der Waals surface area contributed by atoms with Gasteiger partial charge >= 0.3 is 5.97 Å². The molecule has 0 spiro atoms. The SMILES string of the molecule is C=CC(=O)OCCOc1ccccc1C(=O)c1ccc(C)cc1. The molecule has 0 amide bonds. The lowest BCUT2D eigenvalue weighted by Crippen LogP contribution is -2.12. The van der Waals surface area contributed by atoms with Gasteiger partial charge in [-0.1, -0.05) is 48.5 Å². The van der Waals surface area contributed by atoms with Gasteiger partial charge in [-0.05, 0) is 19.1 Å². The lowest BCUT2D eigenvalue weighted by molar-refractivity contribution is -0.138. The second-order valence-corrected chi connectivity index (χ2v) is 4.91. The maximum atomic E-state index is 12.6. The number of esters is 1. The molecule has 118 valence electrons. The number of hydrogen-bond acceptors (Lipinski definition) is 4. The van der Waals surface area contributed by atoms with Crippen LogP contribution in [0.4, 0.5) is 0 Å². The van der Waals surface area contributed by atoms with E-state index in [1.165, 1.54) is 0 Å². The third-order valence-corrected chi connectivity index (χ3v) is 3.20. The zero-order valence-electron chi connectivity index (χ0n) is 13.0. The minimum atomic E-state index is -0.502. The summed E-state index contributed by atoms with van der Waals surface area (Å²) in [4.78, 5) is 23.5. The van der Waals surface area contributed by atoms with Gasteiger partial charge in [0.1, 0.15) is 19.0 Å². The van der Waals surface area contributed by atoms with E-state index < -0.39 is 5.97 Å². The Hall–Kier alpha value is -2.88. The lowest BCUT2D eigenvalue weighted by Gasteiger charge is -2.11. The zero-order chi connectivity index (χ0) is 16.7. The minimum absolute atomic E-state index is 0.0951. The van der Waals surface area contributed by atoms with Crippen LogP contribution in [0.25, 0.3) is 0 Å². The molecule has 0 saturated heterocycles. The molecule has 0 heterocycles. The van der Waals surface area contributed by atoms with Crippen molar-refractivity contribution in [2.24, 2.45) is 0 Å². The number of carbonyl (C=O) groups excluding carboxylic acids is 2. The molecule has 2 aromatic rings. The number of ether oxygens (including phenoxy) is 2. The summed E-state index contributed by atoms with van der Waals surface area (Å²) in [5, 5.41) is 0. The Morgan fingerprint density at radius 3 is 2.43 bits per heavy atom. The van der Waals surface area contributed by atoms with E-state index in [0.717, 1.165) is 11.6 Å². The van der Waals surface area contributed by atoms with Crippen molar-refractivity contribution >= 4 is 11.8 Å². The number of para-hydroxylation sites is 1. The van der Waals surface area contributed by atoms with Gasteiger partial charge in [0.05, 0.1) is 5.56 Å². The molecule has 23 heavy (non-hydrogen) atoms. The molecule has 0 N–H and O–H groups in total. The van der Waals surface area contributed by atoms with Gasteiger partial charge in [-0.2, -0.15) is 0 Å². The van der Waals surface area contributed by atoms with Gasteiger partial charge in [0.25, 0.3) is 0 Å². The Bertz CT molecular complexity index is 702. The van der Waals surface area contributed by atoms with E-state index in [-0.39, 0.29) is 19.0 Å².